The molecule has 0 bridgehead atoms. The highest BCUT2D eigenvalue weighted by molar-refractivity contribution is 6.21. The first kappa shape index (κ1) is 37.8. The lowest BCUT2D eigenvalue weighted by Crippen LogP contribution is -1.93. The summed E-state index contributed by atoms with van der Waals surface area (Å²) < 4.78 is 0. The maximum atomic E-state index is 3.83. The van der Waals surface area contributed by atoms with Crippen LogP contribution in [0.25, 0.3) is 71.6 Å². The molecule has 0 unspecified atom stereocenters. The van der Waals surface area contributed by atoms with Gasteiger partial charge in [-0.05, 0) is 127 Å². The van der Waals surface area contributed by atoms with Gasteiger partial charge in [-0.1, -0.05) is 209 Å². The van der Waals surface area contributed by atoms with Crippen LogP contribution in [0.3, 0.4) is 0 Å². The maximum absolute atomic E-state index is 3.83. The number of hydrogen-bond acceptors (Lipinski definition) is 0. The van der Waals surface area contributed by atoms with Gasteiger partial charge in [-0.25, -0.2) is 0 Å². The van der Waals surface area contributed by atoms with Crippen LogP contribution >= 0.6 is 0 Å². The molecule has 0 atom stereocenters. The van der Waals surface area contributed by atoms with Gasteiger partial charge in [0.25, 0.3) is 0 Å². The van der Waals surface area contributed by atoms with Crippen molar-refractivity contribution in [3.8, 4) is 44.5 Å². The summed E-state index contributed by atoms with van der Waals surface area (Å²) in [7, 11) is 0. The van der Waals surface area contributed by atoms with Gasteiger partial charge in [-0.15, -0.1) is 0 Å². The molecule has 1 aliphatic rings. The molecule has 8 aromatic carbocycles. The highest BCUT2D eigenvalue weighted by Gasteiger charge is 2.18. The first-order valence-electron chi connectivity index (χ1n) is 19.9. The third-order valence-corrected chi connectivity index (χ3v) is 10.9. The third kappa shape index (κ3) is 7.97. The van der Waals surface area contributed by atoms with E-state index in [1.807, 2.05) is 26.0 Å². The molecule has 274 valence electrons. The second-order valence-corrected chi connectivity index (χ2v) is 14.1. The molecule has 56 heavy (non-hydrogen) atoms. The minimum absolute atomic E-state index is 1.09. The Bertz CT molecular complexity index is 2600. The number of allylic oxidation sites excluding steroid dienone is 5. The molecule has 0 saturated heterocycles. The molecular weight excluding hydrogens is 673 g/mol. The van der Waals surface area contributed by atoms with Crippen molar-refractivity contribution in [3.05, 3.63) is 223 Å². The number of benzene rings is 8. The summed E-state index contributed by atoms with van der Waals surface area (Å²) >= 11 is 0. The molecule has 0 N–H and O–H groups in total. The first-order chi connectivity index (χ1) is 27.6. The summed E-state index contributed by atoms with van der Waals surface area (Å²) in [6, 6.07) is 63.4. The van der Waals surface area contributed by atoms with Crippen molar-refractivity contribution in [1.29, 1.82) is 0 Å². The zero-order valence-electron chi connectivity index (χ0n) is 33.1. The molecule has 0 heterocycles. The van der Waals surface area contributed by atoms with Gasteiger partial charge in [-0.3, -0.25) is 0 Å². The Kier molecular flexibility index (Phi) is 12.0. The SMILES string of the molecule is C=CC1=CC=C(c2ccc(-c3ccccc3)cc2)CC1.CC.Cc1cccc(-c2c3ccccc3c(-c3cccc(-c4ccccc4)c3)c3ccccc23)c1C. The molecule has 0 fully saturated rings. The molecule has 1 aliphatic carbocycles. The summed E-state index contributed by atoms with van der Waals surface area (Å²) in [5, 5.41) is 5.19. The van der Waals surface area contributed by atoms with Crippen molar-refractivity contribution in [2.45, 2.75) is 40.5 Å². The molecule has 0 spiro atoms. The molecule has 0 nitrogen and oxygen atoms in total. The Morgan fingerprint density at radius 1 is 0.411 bits per heavy atom. The molecular formula is C56H50. The van der Waals surface area contributed by atoms with Crippen LogP contribution in [0, 0.1) is 13.8 Å². The number of rotatable bonds is 6. The Labute approximate surface area is 333 Å². The van der Waals surface area contributed by atoms with Gasteiger partial charge in [0.2, 0.25) is 0 Å². The Morgan fingerprint density at radius 2 is 0.875 bits per heavy atom. The van der Waals surface area contributed by atoms with Crippen LogP contribution in [0.4, 0.5) is 0 Å². The monoisotopic (exact) mass is 722 g/mol. The van der Waals surface area contributed by atoms with Crippen molar-refractivity contribution < 1.29 is 0 Å². The summed E-state index contributed by atoms with van der Waals surface area (Å²) in [5.41, 5.74) is 17.0. The zero-order chi connectivity index (χ0) is 38.9. The summed E-state index contributed by atoms with van der Waals surface area (Å²) in [4.78, 5) is 0. The van der Waals surface area contributed by atoms with E-state index in [1.165, 1.54) is 93.9 Å². The van der Waals surface area contributed by atoms with Crippen LogP contribution in [-0.2, 0) is 0 Å². The fraction of sp³-hybridized carbons (Fsp3) is 0.107. The predicted octanol–water partition coefficient (Wildman–Crippen LogP) is 16.3. The number of aryl methyl sites for hydroxylation is 1. The lowest BCUT2D eigenvalue weighted by Gasteiger charge is -2.19. The second kappa shape index (κ2) is 17.8. The van der Waals surface area contributed by atoms with Gasteiger partial charge in [0.1, 0.15) is 0 Å². The average molecular weight is 723 g/mol. The normalized spacial score (nSPS) is 12.1. The van der Waals surface area contributed by atoms with E-state index in [9.17, 15) is 0 Å². The third-order valence-electron chi connectivity index (χ3n) is 10.9. The van der Waals surface area contributed by atoms with Crippen molar-refractivity contribution in [1.82, 2.24) is 0 Å². The topological polar surface area (TPSA) is 0 Å². The van der Waals surface area contributed by atoms with E-state index >= 15 is 0 Å². The van der Waals surface area contributed by atoms with Crippen molar-refractivity contribution in [3.63, 3.8) is 0 Å². The summed E-state index contributed by atoms with van der Waals surface area (Å²) in [6.07, 6.45) is 8.54. The zero-order valence-corrected chi connectivity index (χ0v) is 33.1. The molecule has 0 amide bonds. The predicted molar refractivity (Wildman–Crippen MR) is 246 cm³/mol. The number of hydrogen-bond donors (Lipinski definition) is 0. The van der Waals surface area contributed by atoms with Gasteiger partial charge < -0.3 is 0 Å². The summed E-state index contributed by atoms with van der Waals surface area (Å²) in [5.74, 6) is 0. The van der Waals surface area contributed by atoms with Crippen LogP contribution in [0.2, 0.25) is 0 Å². The molecule has 9 rings (SSSR count). The molecule has 0 saturated carbocycles. The van der Waals surface area contributed by atoms with Crippen LogP contribution in [-0.4, -0.2) is 0 Å². The lowest BCUT2D eigenvalue weighted by molar-refractivity contribution is 1.01. The van der Waals surface area contributed by atoms with Crippen LogP contribution in [0.1, 0.15) is 43.4 Å². The smallest absolute Gasteiger partial charge is 0.00236 e. The van der Waals surface area contributed by atoms with E-state index in [4.69, 9.17) is 0 Å². The molecule has 8 aromatic rings. The van der Waals surface area contributed by atoms with Gasteiger partial charge in [0, 0.05) is 0 Å². The van der Waals surface area contributed by atoms with Crippen molar-refractivity contribution >= 4 is 27.1 Å². The van der Waals surface area contributed by atoms with Crippen LogP contribution in [0.5, 0.6) is 0 Å². The van der Waals surface area contributed by atoms with Gasteiger partial charge >= 0.3 is 0 Å². The van der Waals surface area contributed by atoms with E-state index in [0.717, 1.165) is 12.8 Å². The fourth-order valence-corrected chi connectivity index (χ4v) is 7.81. The second-order valence-electron chi connectivity index (χ2n) is 14.1. The largest absolute Gasteiger partial charge is 0.0988 e. The average Bonchev–Trinajstić information content (AvgIpc) is 3.28. The Morgan fingerprint density at radius 3 is 1.43 bits per heavy atom. The molecule has 0 aliphatic heterocycles. The van der Waals surface area contributed by atoms with Gasteiger partial charge in [0.15, 0.2) is 0 Å². The quantitative estimate of drug-likeness (QED) is 0.150. The van der Waals surface area contributed by atoms with E-state index in [1.54, 1.807) is 0 Å². The molecule has 0 heteroatoms. The maximum Gasteiger partial charge on any atom is -0.00236 e. The minimum Gasteiger partial charge on any atom is -0.0988 e. The van der Waals surface area contributed by atoms with Gasteiger partial charge in [0.05, 0.1) is 0 Å². The van der Waals surface area contributed by atoms with E-state index < -0.39 is 0 Å². The summed E-state index contributed by atoms with van der Waals surface area (Å²) in [6.45, 7) is 12.3. The molecule has 0 aromatic heterocycles. The van der Waals surface area contributed by atoms with Gasteiger partial charge in [-0.2, -0.15) is 0 Å². The highest BCUT2D eigenvalue weighted by atomic mass is 14.2. The van der Waals surface area contributed by atoms with Crippen molar-refractivity contribution in [2.75, 3.05) is 0 Å². The van der Waals surface area contributed by atoms with Crippen molar-refractivity contribution in [2.24, 2.45) is 0 Å². The van der Waals surface area contributed by atoms with E-state index in [0.29, 0.717) is 0 Å². The molecule has 0 radical (unpaired) electrons. The van der Waals surface area contributed by atoms with Crippen LogP contribution in [0.15, 0.2) is 206 Å². The van der Waals surface area contributed by atoms with Crippen LogP contribution < -0.4 is 0 Å². The highest BCUT2D eigenvalue weighted by Crippen LogP contribution is 2.45. The minimum atomic E-state index is 1.09. The first-order valence-corrected chi connectivity index (χ1v) is 19.9. The van der Waals surface area contributed by atoms with E-state index in [2.05, 4.69) is 202 Å². The lowest BCUT2D eigenvalue weighted by atomic mass is 9.84. The Hall–Kier alpha value is -6.50. The fourth-order valence-electron chi connectivity index (χ4n) is 7.81. The van der Waals surface area contributed by atoms with E-state index in [-0.39, 0.29) is 0 Å². The standard InChI is InChI=1S/C34H26.C20H18.C2H6/c1-23-12-10-21-28(24(23)2)34-31-19-8-6-17-29(31)33(30-18-7-9-20-32(30)34)27-16-11-15-26(22-27)25-13-4-3-5-14-25;1-2-16-8-10-18(11-9-16)20-14-12-19(13-15-20)17-6-4-3-5-7-17;1-2/h3-22H,1-2H3;2-8,10,12-15H,1,9,11H2;1-2H3. The number of fused-ring (bicyclic) bond motifs is 2. The Balaban J connectivity index is 0.000000186.